The molecule has 4 aromatic rings. The number of rotatable bonds is 4. The van der Waals surface area contributed by atoms with Gasteiger partial charge in [-0.1, -0.05) is 48.9 Å². The summed E-state index contributed by atoms with van der Waals surface area (Å²) in [4.78, 5) is 43.5. The van der Waals surface area contributed by atoms with E-state index in [4.69, 9.17) is 31.1 Å². The van der Waals surface area contributed by atoms with Crippen LogP contribution in [0.5, 0.6) is 0 Å². The van der Waals surface area contributed by atoms with Crippen molar-refractivity contribution >= 4 is 46.0 Å². The van der Waals surface area contributed by atoms with Gasteiger partial charge in [0.25, 0.3) is 0 Å². The third-order valence-corrected chi connectivity index (χ3v) is 11.3. The summed E-state index contributed by atoms with van der Waals surface area (Å²) in [6.07, 6.45) is 2.98. The van der Waals surface area contributed by atoms with E-state index >= 15 is 0 Å². The van der Waals surface area contributed by atoms with E-state index in [-0.39, 0.29) is 42.3 Å². The molecule has 1 aliphatic carbocycles. The lowest BCUT2D eigenvalue weighted by Gasteiger charge is -2.31. The van der Waals surface area contributed by atoms with E-state index in [0.29, 0.717) is 22.6 Å². The number of carbonyl (C=O) groups is 2. The van der Waals surface area contributed by atoms with Crippen molar-refractivity contribution in [1.82, 2.24) is 19.8 Å². The predicted octanol–water partition coefficient (Wildman–Crippen LogP) is 10.3. The number of H-pyrrole nitrogens is 1. The Kier molecular flexibility index (Phi) is 8.25. The number of amides is 2. The Morgan fingerprint density at radius 2 is 1.40 bits per heavy atom. The van der Waals surface area contributed by atoms with Crippen LogP contribution in [-0.4, -0.2) is 67.0 Å². The van der Waals surface area contributed by atoms with Gasteiger partial charge >= 0.3 is 12.2 Å². The number of hydrogen-bond donors (Lipinski definition) is 1. The fourth-order valence-corrected chi connectivity index (χ4v) is 8.54. The van der Waals surface area contributed by atoms with E-state index in [1.807, 2.05) is 46.4 Å². The first-order valence-corrected chi connectivity index (χ1v) is 18.9. The summed E-state index contributed by atoms with van der Waals surface area (Å²) in [6, 6.07) is 19.3. The number of imidazole rings is 1. The standard InChI is InChI=1S/C42H48ClN5O4/c1-22-15-35(47(23(22)2)39(49)51-41(3,4)5)38-45-36(37(43)46-38)28-12-11-25-16-24(9-10-26(25)17-28)27-13-14-31-29(18-27)19-32(44-31)34-21-30-20-33(30)48(34)40(50)52-42(6,7)8/h9-14,16-18,22-23,30,33-35H,15,19-21H2,1-8H3,(H,45,46)/t22-,23-,30-,33-,34+,35+/m1/s1. The van der Waals surface area contributed by atoms with Gasteiger partial charge in [0.2, 0.25) is 0 Å². The van der Waals surface area contributed by atoms with Crippen LogP contribution in [0, 0.1) is 11.8 Å². The van der Waals surface area contributed by atoms with Crippen LogP contribution in [0.15, 0.2) is 59.6 Å². The van der Waals surface area contributed by atoms with Gasteiger partial charge in [0.15, 0.2) is 0 Å². The van der Waals surface area contributed by atoms with E-state index in [2.05, 4.69) is 73.4 Å². The Balaban J connectivity index is 0.998. The van der Waals surface area contributed by atoms with E-state index < -0.39 is 11.2 Å². The molecule has 3 fully saturated rings. The molecule has 52 heavy (non-hydrogen) atoms. The highest BCUT2D eigenvalue weighted by Crippen LogP contribution is 2.50. The summed E-state index contributed by atoms with van der Waals surface area (Å²) in [6.45, 7) is 15.6. The van der Waals surface area contributed by atoms with Gasteiger partial charge in [-0.25, -0.2) is 14.6 Å². The minimum atomic E-state index is -0.592. The quantitative estimate of drug-likeness (QED) is 0.226. The third-order valence-electron chi connectivity index (χ3n) is 11.0. The van der Waals surface area contributed by atoms with Crippen LogP contribution >= 0.6 is 11.6 Å². The maximum atomic E-state index is 13.3. The summed E-state index contributed by atoms with van der Waals surface area (Å²) >= 11 is 6.79. The second-order valence-corrected chi connectivity index (χ2v) is 17.6. The topological polar surface area (TPSA) is 100 Å². The molecular formula is C42H48ClN5O4. The van der Waals surface area contributed by atoms with Crippen LogP contribution < -0.4 is 0 Å². The number of aliphatic imine (C=N–C) groups is 1. The first-order chi connectivity index (χ1) is 24.5. The largest absolute Gasteiger partial charge is 0.444 e. The molecule has 9 nitrogen and oxygen atoms in total. The van der Waals surface area contributed by atoms with Crippen molar-refractivity contribution in [3.8, 4) is 22.4 Å². The van der Waals surface area contributed by atoms with Crippen molar-refractivity contribution in [3.63, 3.8) is 0 Å². The highest BCUT2D eigenvalue weighted by Gasteiger charge is 2.56. The van der Waals surface area contributed by atoms with Gasteiger partial charge in [-0.3, -0.25) is 14.8 Å². The van der Waals surface area contributed by atoms with Crippen molar-refractivity contribution in [1.29, 1.82) is 0 Å². The molecule has 2 amide bonds. The molecule has 10 heteroatoms. The van der Waals surface area contributed by atoms with Gasteiger partial charge in [-0.2, -0.15) is 0 Å². The van der Waals surface area contributed by atoms with Gasteiger partial charge in [0.05, 0.1) is 17.8 Å². The number of piperidine rings is 1. The Morgan fingerprint density at radius 1 is 0.788 bits per heavy atom. The molecule has 6 atom stereocenters. The second-order valence-electron chi connectivity index (χ2n) is 17.2. The number of likely N-dealkylation sites (tertiary alicyclic amines) is 2. The molecule has 272 valence electrons. The maximum Gasteiger partial charge on any atom is 0.411 e. The molecule has 8 rings (SSSR count). The van der Waals surface area contributed by atoms with E-state index in [9.17, 15) is 9.59 Å². The van der Waals surface area contributed by atoms with Gasteiger partial charge in [0.1, 0.15) is 27.9 Å². The fourth-order valence-electron chi connectivity index (χ4n) is 8.29. The third kappa shape index (κ3) is 6.46. The zero-order valence-corrected chi connectivity index (χ0v) is 32.0. The van der Waals surface area contributed by atoms with Crippen molar-refractivity contribution < 1.29 is 19.1 Å². The Labute approximate surface area is 310 Å². The summed E-state index contributed by atoms with van der Waals surface area (Å²) in [5, 5.41) is 2.64. The lowest BCUT2D eigenvalue weighted by Crippen LogP contribution is -2.45. The van der Waals surface area contributed by atoms with Crippen LogP contribution in [0.3, 0.4) is 0 Å². The van der Waals surface area contributed by atoms with Crippen molar-refractivity contribution in [3.05, 3.63) is 71.1 Å². The average Bonchev–Trinajstić information content (AvgIpc) is 3.38. The molecule has 0 spiro atoms. The second kappa shape index (κ2) is 12.4. The van der Waals surface area contributed by atoms with Gasteiger partial charge in [-0.05, 0) is 131 Å². The number of hydrogen-bond acceptors (Lipinski definition) is 6. The molecule has 0 unspecified atom stereocenters. The number of benzene rings is 3. The van der Waals surface area contributed by atoms with Crippen molar-refractivity contribution in [2.45, 2.75) is 116 Å². The number of ether oxygens (including phenoxy) is 2. The lowest BCUT2D eigenvalue weighted by atomic mass is 9.96. The number of nitrogens with one attached hydrogen (secondary N) is 1. The van der Waals surface area contributed by atoms with Gasteiger partial charge in [0, 0.05) is 29.8 Å². The fraction of sp³-hybridized carbons (Fsp3) is 0.476. The van der Waals surface area contributed by atoms with E-state index in [0.717, 1.165) is 64.5 Å². The Hall–Kier alpha value is -4.37. The smallest absolute Gasteiger partial charge is 0.411 e. The monoisotopic (exact) mass is 721 g/mol. The van der Waals surface area contributed by atoms with E-state index in [1.165, 1.54) is 5.56 Å². The summed E-state index contributed by atoms with van der Waals surface area (Å²) < 4.78 is 11.6. The predicted molar refractivity (Wildman–Crippen MR) is 205 cm³/mol. The molecule has 1 saturated carbocycles. The molecule has 3 aliphatic heterocycles. The molecule has 0 bridgehead atoms. The summed E-state index contributed by atoms with van der Waals surface area (Å²) in [5.74, 6) is 1.51. The number of halogens is 1. The summed E-state index contributed by atoms with van der Waals surface area (Å²) in [7, 11) is 0. The molecule has 0 radical (unpaired) electrons. The zero-order valence-electron chi connectivity index (χ0n) is 31.3. The van der Waals surface area contributed by atoms with Crippen LogP contribution in [-0.2, 0) is 15.9 Å². The van der Waals surface area contributed by atoms with Crippen molar-refractivity contribution in [2.75, 3.05) is 0 Å². The first-order valence-electron chi connectivity index (χ1n) is 18.6. The number of aromatic amines is 1. The minimum absolute atomic E-state index is 0.00221. The average molecular weight is 722 g/mol. The summed E-state index contributed by atoms with van der Waals surface area (Å²) in [5.41, 5.74) is 5.95. The number of carbonyl (C=O) groups excluding carboxylic acids is 2. The zero-order chi connectivity index (χ0) is 36.9. The highest BCUT2D eigenvalue weighted by molar-refractivity contribution is 6.32. The first kappa shape index (κ1) is 34.7. The van der Waals surface area contributed by atoms with Crippen molar-refractivity contribution in [2.24, 2.45) is 16.8 Å². The highest BCUT2D eigenvalue weighted by atomic mass is 35.5. The Bertz CT molecular complexity index is 2130. The molecule has 1 N–H and O–H groups in total. The van der Waals surface area contributed by atoms with E-state index in [1.54, 1.807) is 4.90 Å². The number of fused-ring (bicyclic) bond motifs is 3. The van der Waals surface area contributed by atoms with Gasteiger partial charge in [-0.15, -0.1) is 0 Å². The molecule has 4 heterocycles. The van der Waals surface area contributed by atoms with Crippen LogP contribution in [0.1, 0.15) is 92.1 Å². The van der Waals surface area contributed by atoms with Crippen LogP contribution in [0.25, 0.3) is 33.2 Å². The molecule has 4 aliphatic rings. The number of nitrogens with zero attached hydrogens (tertiary/aromatic N) is 4. The minimum Gasteiger partial charge on any atom is -0.444 e. The molecule has 2 saturated heterocycles. The normalized spacial score (nSPS) is 25.3. The van der Waals surface area contributed by atoms with Gasteiger partial charge < -0.3 is 14.5 Å². The molecular weight excluding hydrogens is 674 g/mol. The van der Waals surface area contributed by atoms with Crippen LogP contribution in [0.4, 0.5) is 15.3 Å². The lowest BCUT2D eigenvalue weighted by molar-refractivity contribution is 0.0139. The molecule has 1 aromatic heterocycles. The maximum absolute atomic E-state index is 13.3. The number of aromatic nitrogens is 2. The Morgan fingerprint density at radius 3 is 2.10 bits per heavy atom. The molecule has 3 aromatic carbocycles. The van der Waals surface area contributed by atoms with Crippen LogP contribution in [0.2, 0.25) is 5.15 Å². The SMILES string of the molecule is C[C@@H]1C[C@@H](c2nc(-c3ccc4cc(-c5ccc6c(c5)CC([C@@H]5C[C@H]7C[C@H]7N5C(=O)OC(C)(C)C)=N6)ccc4c3)c(Cl)[nH]2)N(C(=O)OC(C)(C)C)[C@@H]1C.